The van der Waals surface area contributed by atoms with Gasteiger partial charge in [0.15, 0.2) is 0 Å². The van der Waals surface area contributed by atoms with Crippen molar-refractivity contribution in [2.45, 2.75) is 12.1 Å². The largest absolute Gasteiger partial charge is 0.373 e. The molecule has 37 heavy (non-hydrogen) atoms. The molecule has 4 rings (SSSR count). The number of halogens is 1. The highest BCUT2D eigenvalue weighted by Gasteiger charge is 2.30. The van der Waals surface area contributed by atoms with Gasteiger partial charge in [0.2, 0.25) is 5.91 Å². The number of benzene rings is 3. The van der Waals surface area contributed by atoms with E-state index < -0.39 is 24.0 Å². The molecular weight excluding hydrogens is 492 g/mol. The van der Waals surface area contributed by atoms with Crippen LogP contribution in [0.25, 0.3) is 0 Å². The number of hydrogen-bond donors (Lipinski definition) is 4. The molecule has 0 radical (unpaired) electrons. The van der Waals surface area contributed by atoms with Gasteiger partial charge in [-0.05, 0) is 60.7 Å². The minimum absolute atomic E-state index is 0.482. The van der Waals surface area contributed by atoms with Crippen molar-refractivity contribution in [2.24, 2.45) is 4.99 Å². The zero-order valence-electron chi connectivity index (χ0n) is 20.1. The van der Waals surface area contributed by atoms with Crippen molar-refractivity contribution in [3.8, 4) is 0 Å². The first-order valence-corrected chi connectivity index (χ1v) is 12.1. The summed E-state index contributed by atoms with van der Waals surface area (Å²) in [4.78, 5) is 44.7. The Morgan fingerprint density at radius 1 is 0.919 bits per heavy atom. The number of amidine groups is 1. The van der Waals surface area contributed by atoms with E-state index in [1.807, 2.05) is 25.2 Å². The van der Waals surface area contributed by atoms with Crippen LogP contribution in [0.15, 0.2) is 83.9 Å². The predicted molar refractivity (Wildman–Crippen MR) is 146 cm³/mol. The van der Waals surface area contributed by atoms with E-state index in [1.54, 1.807) is 60.7 Å². The average molecular weight is 519 g/mol. The maximum atomic E-state index is 13.3. The predicted octanol–water partition coefficient (Wildman–Crippen LogP) is 3.84. The molecule has 2 atom stereocenters. The van der Waals surface area contributed by atoms with Crippen LogP contribution >= 0.6 is 11.6 Å². The lowest BCUT2D eigenvalue weighted by molar-refractivity contribution is -0.120. The molecule has 0 saturated carbocycles. The molecule has 0 fully saturated rings. The van der Waals surface area contributed by atoms with Gasteiger partial charge < -0.3 is 31.0 Å². The molecule has 190 valence electrons. The first-order chi connectivity index (χ1) is 17.9. The van der Waals surface area contributed by atoms with Gasteiger partial charge >= 0.3 is 6.03 Å². The molecule has 0 bridgehead atoms. The Hall–Kier alpha value is -4.37. The van der Waals surface area contributed by atoms with Crippen LogP contribution in [0.4, 0.5) is 21.9 Å². The molecule has 9 nitrogen and oxygen atoms in total. The molecule has 0 aliphatic carbocycles. The lowest BCUT2D eigenvalue weighted by Gasteiger charge is -2.25. The van der Waals surface area contributed by atoms with E-state index in [4.69, 9.17) is 11.6 Å². The average Bonchev–Trinajstić information content (AvgIpc) is 3.34. The zero-order chi connectivity index (χ0) is 26.2. The van der Waals surface area contributed by atoms with Crippen LogP contribution < -0.4 is 21.3 Å². The van der Waals surface area contributed by atoms with Crippen molar-refractivity contribution < 1.29 is 14.4 Å². The number of aldehydes is 1. The van der Waals surface area contributed by atoms with E-state index in [0.29, 0.717) is 28.4 Å². The fourth-order valence-electron chi connectivity index (χ4n) is 3.85. The number of aliphatic imine (C=N–C) groups is 1. The third-order valence-corrected chi connectivity index (χ3v) is 6.01. The Morgan fingerprint density at radius 3 is 2.19 bits per heavy atom. The van der Waals surface area contributed by atoms with Gasteiger partial charge in [-0.1, -0.05) is 29.8 Å². The Bertz CT molecular complexity index is 1270. The fourth-order valence-corrected chi connectivity index (χ4v) is 3.98. The molecule has 0 saturated heterocycles. The highest BCUT2D eigenvalue weighted by molar-refractivity contribution is 6.30. The van der Waals surface area contributed by atoms with Crippen molar-refractivity contribution in [3.05, 3.63) is 89.4 Å². The number of carbonyl (C=O) groups excluding carboxylic acids is 3. The molecule has 1 aliphatic rings. The van der Waals surface area contributed by atoms with E-state index in [-0.39, 0.29) is 0 Å². The number of likely N-dealkylation sites (N-methyl/N-ethyl adjacent to an activating group) is 1. The Kier molecular flexibility index (Phi) is 8.37. The highest BCUT2D eigenvalue weighted by Crippen LogP contribution is 2.16. The molecule has 0 spiro atoms. The minimum Gasteiger partial charge on any atom is -0.373 e. The van der Waals surface area contributed by atoms with E-state index in [0.717, 1.165) is 24.5 Å². The van der Waals surface area contributed by atoms with Crippen LogP contribution in [0, 0.1) is 0 Å². The number of rotatable bonds is 9. The number of hydrogen-bond acceptors (Lipinski definition) is 6. The normalized spacial score (nSPS) is 14.2. The molecule has 2 unspecified atom stereocenters. The van der Waals surface area contributed by atoms with Crippen LogP contribution in [0.3, 0.4) is 0 Å². The van der Waals surface area contributed by atoms with Gasteiger partial charge in [0.05, 0.1) is 6.54 Å². The Balaban J connectivity index is 1.50. The second-order valence-electron chi connectivity index (χ2n) is 8.45. The lowest BCUT2D eigenvalue weighted by atomic mass is 10.1. The van der Waals surface area contributed by atoms with Gasteiger partial charge in [-0.2, -0.15) is 0 Å². The fraction of sp³-hybridized carbons (Fsp3) is 0.185. The number of anilines is 3. The first kappa shape index (κ1) is 25.7. The van der Waals surface area contributed by atoms with Crippen molar-refractivity contribution in [3.63, 3.8) is 0 Å². The van der Waals surface area contributed by atoms with Gasteiger partial charge in [0, 0.05) is 41.2 Å². The van der Waals surface area contributed by atoms with E-state index >= 15 is 0 Å². The molecule has 4 N–H and O–H groups in total. The third-order valence-electron chi connectivity index (χ3n) is 5.75. The van der Waals surface area contributed by atoms with Crippen LogP contribution in [0.2, 0.25) is 5.02 Å². The Morgan fingerprint density at radius 2 is 1.57 bits per heavy atom. The number of urea groups is 1. The number of nitrogens with one attached hydrogen (secondary N) is 4. The number of nitrogens with zero attached hydrogens (tertiary/aromatic N) is 2. The summed E-state index contributed by atoms with van der Waals surface area (Å²) < 4.78 is 0. The standard InChI is InChI=1S/C27H27ClN6O3/c1-34-16-15-29-25(34)18-7-11-21(12-8-18)31-26(36)24(23(17-35)30-20-5-3-2-4-6-20)33-27(37)32-22-13-9-19(28)10-14-22/h2-14,17,23-24,30H,15-16H2,1H3,(H,31,36)(H2,32,33,37). The summed E-state index contributed by atoms with van der Waals surface area (Å²) in [6.07, 6.45) is 0.594. The summed E-state index contributed by atoms with van der Waals surface area (Å²) in [5.74, 6) is 0.333. The van der Waals surface area contributed by atoms with Crippen molar-refractivity contribution >= 4 is 52.7 Å². The smallest absolute Gasteiger partial charge is 0.319 e. The van der Waals surface area contributed by atoms with Crippen molar-refractivity contribution in [1.82, 2.24) is 10.2 Å². The monoisotopic (exact) mass is 518 g/mol. The first-order valence-electron chi connectivity index (χ1n) is 11.7. The topological polar surface area (TPSA) is 115 Å². The van der Waals surface area contributed by atoms with Crippen LogP contribution in [-0.4, -0.2) is 61.2 Å². The summed E-state index contributed by atoms with van der Waals surface area (Å²) in [5, 5.41) is 11.6. The molecular formula is C27H27ClN6O3. The number of carbonyl (C=O) groups is 3. The molecule has 1 heterocycles. The summed E-state index contributed by atoms with van der Waals surface area (Å²) in [5.41, 5.74) is 2.56. The van der Waals surface area contributed by atoms with Gasteiger partial charge in [-0.3, -0.25) is 9.79 Å². The molecule has 3 aromatic rings. The summed E-state index contributed by atoms with van der Waals surface area (Å²) >= 11 is 5.90. The van der Waals surface area contributed by atoms with E-state index in [1.165, 1.54) is 0 Å². The molecule has 10 heteroatoms. The van der Waals surface area contributed by atoms with Crippen molar-refractivity contribution in [2.75, 3.05) is 36.1 Å². The second kappa shape index (κ2) is 12.0. The zero-order valence-corrected chi connectivity index (χ0v) is 20.9. The number of para-hydroxylation sites is 1. The highest BCUT2D eigenvalue weighted by atomic mass is 35.5. The third kappa shape index (κ3) is 6.86. The molecule has 3 aromatic carbocycles. The van der Waals surface area contributed by atoms with Gasteiger partial charge in [-0.15, -0.1) is 0 Å². The molecule has 3 amide bonds. The maximum Gasteiger partial charge on any atom is 0.319 e. The van der Waals surface area contributed by atoms with E-state index in [2.05, 4.69) is 31.2 Å². The number of amides is 3. The van der Waals surface area contributed by atoms with Crippen LogP contribution in [0.1, 0.15) is 5.56 Å². The lowest BCUT2D eigenvalue weighted by Crippen LogP contribution is -2.55. The van der Waals surface area contributed by atoms with Crippen molar-refractivity contribution in [1.29, 1.82) is 0 Å². The van der Waals surface area contributed by atoms with Crippen LogP contribution in [0.5, 0.6) is 0 Å². The minimum atomic E-state index is -1.23. The molecule has 0 aromatic heterocycles. The van der Waals surface area contributed by atoms with Gasteiger partial charge in [0.1, 0.15) is 24.2 Å². The van der Waals surface area contributed by atoms with Gasteiger partial charge in [0.25, 0.3) is 0 Å². The maximum absolute atomic E-state index is 13.3. The Labute approximate surface area is 219 Å². The van der Waals surface area contributed by atoms with E-state index in [9.17, 15) is 14.4 Å². The van der Waals surface area contributed by atoms with Gasteiger partial charge in [-0.25, -0.2) is 4.79 Å². The summed E-state index contributed by atoms with van der Waals surface area (Å²) in [7, 11) is 1.98. The summed E-state index contributed by atoms with van der Waals surface area (Å²) in [6, 6.07) is 19.8. The van der Waals surface area contributed by atoms with Crippen LogP contribution in [-0.2, 0) is 9.59 Å². The molecule has 1 aliphatic heterocycles. The second-order valence-corrected chi connectivity index (χ2v) is 8.89. The summed E-state index contributed by atoms with van der Waals surface area (Å²) in [6.45, 7) is 1.61. The quantitative estimate of drug-likeness (QED) is 0.321. The SMILES string of the molecule is CN1CCN=C1c1ccc(NC(=O)C(NC(=O)Nc2ccc(Cl)cc2)C(C=O)Nc2ccccc2)cc1.